The Morgan fingerprint density at radius 1 is 1.00 bits per heavy atom. The van der Waals surface area contributed by atoms with Gasteiger partial charge in [-0.15, -0.1) is 0 Å². The minimum atomic E-state index is 0.481. The largest absolute Gasteiger partial charge is 0.314 e. The molecule has 0 aliphatic carbocycles. The van der Waals surface area contributed by atoms with Crippen LogP contribution in [0, 0.1) is 11.3 Å². The molecule has 2 unspecified atom stereocenters. The molecule has 0 rings (SSSR count). The van der Waals surface area contributed by atoms with E-state index >= 15 is 0 Å². The molecule has 0 heterocycles. The number of rotatable bonds is 11. The summed E-state index contributed by atoms with van der Waals surface area (Å²) in [6.45, 7) is 15.3. The zero-order valence-corrected chi connectivity index (χ0v) is 13.8. The molecule has 0 radical (unpaired) electrons. The highest BCUT2D eigenvalue weighted by Crippen LogP contribution is 2.34. The standard InChI is InChI=1S/C17H37N/c1-7-10-11-16(9-3)14-17(5,6)13-15(4)18-12-8-2/h15-16,18H,7-14H2,1-6H3. The van der Waals surface area contributed by atoms with Crippen LogP contribution in [0.3, 0.4) is 0 Å². The van der Waals surface area contributed by atoms with E-state index in [0.29, 0.717) is 11.5 Å². The molecule has 110 valence electrons. The molecule has 0 fully saturated rings. The van der Waals surface area contributed by atoms with E-state index in [1.54, 1.807) is 0 Å². The van der Waals surface area contributed by atoms with E-state index < -0.39 is 0 Å². The fourth-order valence-electron chi connectivity index (χ4n) is 3.10. The Labute approximate surface area is 116 Å². The van der Waals surface area contributed by atoms with Gasteiger partial charge >= 0.3 is 0 Å². The van der Waals surface area contributed by atoms with Gasteiger partial charge in [-0.2, -0.15) is 0 Å². The van der Waals surface area contributed by atoms with Gasteiger partial charge in [0.25, 0.3) is 0 Å². The third kappa shape index (κ3) is 8.97. The summed E-state index contributed by atoms with van der Waals surface area (Å²) in [5, 5.41) is 3.62. The Balaban J connectivity index is 4.08. The molecule has 0 aliphatic heterocycles. The van der Waals surface area contributed by atoms with Crippen LogP contribution in [0.1, 0.15) is 86.5 Å². The average molecular weight is 255 g/mol. The maximum Gasteiger partial charge on any atom is 0.00438 e. The molecule has 2 atom stereocenters. The fraction of sp³-hybridized carbons (Fsp3) is 1.00. The molecular weight excluding hydrogens is 218 g/mol. The van der Waals surface area contributed by atoms with Gasteiger partial charge in [-0.3, -0.25) is 0 Å². The molecule has 0 spiro atoms. The van der Waals surface area contributed by atoms with Crippen molar-refractivity contribution < 1.29 is 0 Å². The van der Waals surface area contributed by atoms with Crippen LogP contribution in [0.25, 0.3) is 0 Å². The van der Waals surface area contributed by atoms with Gasteiger partial charge < -0.3 is 5.32 Å². The number of nitrogens with one attached hydrogen (secondary N) is 1. The summed E-state index contributed by atoms with van der Waals surface area (Å²) in [7, 11) is 0. The van der Waals surface area contributed by atoms with Crippen LogP contribution in [0.2, 0.25) is 0 Å². The van der Waals surface area contributed by atoms with Gasteiger partial charge in [0.05, 0.1) is 0 Å². The van der Waals surface area contributed by atoms with Crippen LogP contribution in [0.4, 0.5) is 0 Å². The van der Waals surface area contributed by atoms with Gasteiger partial charge in [0, 0.05) is 6.04 Å². The Bertz CT molecular complexity index is 186. The van der Waals surface area contributed by atoms with Crippen molar-refractivity contribution in [2.45, 2.75) is 92.5 Å². The van der Waals surface area contributed by atoms with Gasteiger partial charge in [-0.25, -0.2) is 0 Å². The lowest BCUT2D eigenvalue weighted by atomic mass is 9.76. The second-order valence-electron chi connectivity index (χ2n) is 6.84. The molecule has 0 aromatic rings. The van der Waals surface area contributed by atoms with Crippen molar-refractivity contribution in [3.05, 3.63) is 0 Å². The maximum absolute atomic E-state index is 3.62. The van der Waals surface area contributed by atoms with Crippen molar-refractivity contribution in [3.8, 4) is 0 Å². The fourth-order valence-corrected chi connectivity index (χ4v) is 3.10. The Kier molecular flexibility index (Phi) is 9.81. The van der Waals surface area contributed by atoms with Gasteiger partial charge in [-0.1, -0.05) is 60.3 Å². The molecule has 0 aliphatic rings. The molecule has 0 bridgehead atoms. The highest BCUT2D eigenvalue weighted by molar-refractivity contribution is 4.78. The summed E-state index contributed by atoms with van der Waals surface area (Å²) in [4.78, 5) is 0. The lowest BCUT2D eigenvalue weighted by molar-refractivity contribution is 0.211. The monoisotopic (exact) mass is 255 g/mol. The molecular formula is C17H37N. The van der Waals surface area contributed by atoms with Crippen molar-refractivity contribution in [1.29, 1.82) is 0 Å². The van der Waals surface area contributed by atoms with Crippen LogP contribution < -0.4 is 5.32 Å². The van der Waals surface area contributed by atoms with E-state index in [4.69, 9.17) is 0 Å². The SMILES string of the molecule is CCCCC(CC)CC(C)(C)CC(C)NCCC. The minimum Gasteiger partial charge on any atom is -0.314 e. The summed E-state index contributed by atoms with van der Waals surface area (Å²) in [6.07, 6.45) is 9.44. The Hall–Kier alpha value is -0.0400. The predicted octanol–water partition coefficient (Wildman–Crippen LogP) is 5.40. The van der Waals surface area contributed by atoms with Crippen molar-refractivity contribution in [3.63, 3.8) is 0 Å². The van der Waals surface area contributed by atoms with Crippen molar-refractivity contribution in [2.75, 3.05) is 6.54 Å². The molecule has 0 saturated heterocycles. The molecule has 1 heteroatoms. The molecule has 0 amide bonds. The first-order chi connectivity index (χ1) is 8.45. The lowest BCUT2D eigenvalue weighted by Gasteiger charge is -2.32. The lowest BCUT2D eigenvalue weighted by Crippen LogP contribution is -2.32. The van der Waals surface area contributed by atoms with Crippen molar-refractivity contribution in [2.24, 2.45) is 11.3 Å². The smallest absolute Gasteiger partial charge is 0.00438 e. The van der Waals surface area contributed by atoms with Gasteiger partial charge in [0.2, 0.25) is 0 Å². The van der Waals surface area contributed by atoms with Crippen molar-refractivity contribution in [1.82, 2.24) is 5.32 Å². The predicted molar refractivity (Wildman–Crippen MR) is 84.1 cm³/mol. The average Bonchev–Trinajstić information content (AvgIpc) is 2.31. The Morgan fingerprint density at radius 3 is 2.17 bits per heavy atom. The second-order valence-corrected chi connectivity index (χ2v) is 6.84. The quantitative estimate of drug-likeness (QED) is 0.521. The highest BCUT2D eigenvalue weighted by Gasteiger charge is 2.24. The molecule has 0 aromatic heterocycles. The van der Waals surface area contributed by atoms with Gasteiger partial charge in [-0.05, 0) is 44.1 Å². The first-order valence-electron chi connectivity index (χ1n) is 8.18. The summed E-state index contributed by atoms with van der Waals surface area (Å²) in [5.74, 6) is 0.929. The zero-order chi connectivity index (χ0) is 14.0. The minimum absolute atomic E-state index is 0.481. The summed E-state index contributed by atoms with van der Waals surface area (Å²) in [5.41, 5.74) is 0.481. The molecule has 0 aromatic carbocycles. The van der Waals surface area contributed by atoms with Crippen molar-refractivity contribution >= 4 is 0 Å². The first kappa shape index (κ1) is 18.0. The molecule has 0 saturated carbocycles. The van der Waals surface area contributed by atoms with E-state index in [2.05, 4.69) is 46.9 Å². The molecule has 1 N–H and O–H groups in total. The topological polar surface area (TPSA) is 12.0 Å². The number of hydrogen-bond acceptors (Lipinski definition) is 1. The second kappa shape index (κ2) is 9.83. The third-order valence-corrected chi connectivity index (χ3v) is 3.99. The highest BCUT2D eigenvalue weighted by atomic mass is 14.9. The van der Waals surface area contributed by atoms with Crippen LogP contribution in [0.5, 0.6) is 0 Å². The van der Waals surface area contributed by atoms with Crippen LogP contribution >= 0.6 is 0 Å². The molecule has 18 heavy (non-hydrogen) atoms. The van der Waals surface area contributed by atoms with Crippen LogP contribution in [-0.4, -0.2) is 12.6 Å². The summed E-state index contributed by atoms with van der Waals surface area (Å²) in [6, 6.07) is 0.656. The van der Waals surface area contributed by atoms with E-state index in [0.717, 1.165) is 12.5 Å². The number of unbranched alkanes of at least 4 members (excludes halogenated alkanes) is 1. The van der Waals surface area contributed by atoms with E-state index in [-0.39, 0.29) is 0 Å². The normalized spacial score (nSPS) is 15.7. The maximum atomic E-state index is 3.62. The van der Waals surface area contributed by atoms with Gasteiger partial charge in [0.15, 0.2) is 0 Å². The first-order valence-corrected chi connectivity index (χ1v) is 8.18. The summed E-state index contributed by atoms with van der Waals surface area (Å²) >= 11 is 0. The number of hydrogen-bond donors (Lipinski definition) is 1. The van der Waals surface area contributed by atoms with E-state index in [9.17, 15) is 0 Å². The van der Waals surface area contributed by atoms with E-state index in [1.807, 2.05) is 0 Å². The van der Waals surface area contributed by atoms with Gasteiger partial charge in [0.1, 0.15) is 0 Å². The third-order valence-electron chi connectivity index (χ3n) is 3.99. The summed E-state index contributed by atoms with van der Waals surface area (Å²) < 4.78 is 0. The van der Waals surface area contributed by atoms with Crippen LogP contribution in [0.15, 0.2) is 0 Å². The van der Waals surface area contributed by atoms with Crippen LogP contribution in [-0.2, 0) is 0 Å². The van der Waals surface area contributed by atoms with E-state index in [1.165, 1.54) is 44.9 Å². The Morgan fingerprint density at radius 2 is 1.67 bits per heavy atom. The molecule has 1 nitrogen and oxygen atoms in total. The zero-order valence-electron chi connectivity index (χ0n) is 13.8.